The van der Waals surface area contributed by atoms with Gasteiger partial charge in [-0.25, -0.2) is 4.79 Å². The first-order valence-corrected chi connectivity index (χ1v) is 8.75. The Labute approximate surface area is 137 Å². The van der Waals surface area contributed by atoms with Gasteiger partial charge in [-0.3, -0.25) is 4.79 Å². The zero-order valence-corrected chi connectivity index (χ0v) is 13.4. The summed E-state index contributed by atoms with van der Waals surface area (Å²) in [6.45, 7) is 1.98. The van der Waals surface area contributed by atoms with Crippen LogP contribution in [0.3, 0.4) is 0 Å². The average molecular weight is 330 g/mol. The molecule has 1 aliphatic heterocycles. The molecular formula is C17H18N2O3S. The third-order valence-corrected chi connectivity index (χ3v) is 6.02. The normalized spacial score (nSPS) is 25.4. The van der Waals surface area contributed by atoms with Gasteiger partial charge >= 0.3 is 6.09 Å². The molecular weight excluding hydrogens is 312 g/mol. The van der Waals surface area contributed by atoms with Gasteiger partial charge < -0.3 is 15.3 Å². The molecule has 0 radical (unpaired) electrons. The maximum Gasteiger partial charge on any atom is 0.407 e. The van der Waals surface area contributed by atoms with Crippen LogP contribution in [-0.2, 0) is 0 Å². The number of carbonyl (C=O) groups is 2. The Morgan fingerprint density at radius 3 is 2.78 bits per heavy atom. The van der Waals surface area contributed by atoms with Crippen LogP contribution >= 0.6 is 11.3 Å². The molecule has 5 nitrogen and oxygen atoms in total. The van der Waals surface area contributed by atoms with Gasteiger partial charge in [0.25, 0.3) is 5.91 Å². The first-order valence-electron chi connectivity index (χ1n) is 7.87. The van der Waals surface area contributed by atoms with Crippen LogP contribution in [0.25, 0.3) is 10.1 Å². The first kappa shape index (κ1) is 14.5. The van der Waals surface area contributed by atoms with Crippen molar-refractivity contribution in [3.8, 4) is 0 Å². The number of piperidine rings is 1. The van der Waals surface area contributed by atoms with Crippen molar-refractivity contribution in [1.82, 2.24) is 10.2 Å². The van der Waals surface area contributed by atoms with E-state index in [1.165, 1.54) is 9.60 Å². The standard InChI is InChI=1S/C17H18N2O3S/c20-16(11-1-2-15-10(7-11)4-6-23-15)18-5-3-12-13-8-19(17(21)22)9-14(12)13/h1-2,4,6-7,12-14H,3,5,8-9H2,(H,18,20)(H,21,22). The Hall–Kier alpha value is -2.08. The maximum absolute atomic E-state index is 12.2. The van der Waals surface area contributed by atoms with Crippen LogP contribution in [0, 0.1) is 17.8 Å². The number of likely N-dealkylation sites (tertiary alicyclic amines) is 1. The molecule has 0 bridgehead atoms. The van der Waals surface area contributed by atoms with E-state index in [0.29, 0.717) is 43.0 Å². The highest BCUT2D eigenvalue weighted by molar-refractivity contribution is 7.17. The SMILES string of the molecule is O=C(NCCC1C2CN(C(=O)O)CC12)c1ccc2sccc2c1. The number of amides is 2. The zero-order chi connectivity index (χ0) is 16.0. The number of rotatable bonds is 4. The molecule has 6 heteroatoms. The van der Waals surface area contributed by atoms with Gasteiger partial charge in [0, 0.05) is 29.9 Å². The fourth-order valence-electron chi connectivity index (χ4n) is 3.80. The van der Waals surface area contributed by atoms with Gasteiger partial charge in [-0.2, -0.15) is 0 Å². The predicted octanol–water partition coefficient (Wildman–Crippen LogP) is 2.88. The second kappa shape index (κ2) is 5.53. The third kappa shape index (κ3) is 2.67. The monoisotopic (exact) mass is 330 g/mol. The number of hydrogen-bond donors (Lipinski definition) is 2. The van der Waals surface area contributed by atoms with Crippen LogP contribution in [0.15, 0.2) is 29.6 Å². The van der Waals surface area contributed by atoms with Gasteiger partial charge in [0.1, 0.15) is 0 Å². The molecule has 4 rings (SSSR count). The quantitative estimate of drug-likeness (QED) is 0.905. The van der Waals surface area contributed by atoms with Crippen molar-refractivity contribution in [3.05, 3.63) is 35.2 Å². The summed E-state index contributed by atoms with van der Waals surface area (Å²) in [4.78, 5) is 24.6. The lowest BCUT2D eigenvalue weighted by atomic mass is 10.1. The smallest absolute Gasteiger partial charge is 0.407 e. The van der Waals surface area contributed by atoms with E-state index in [-0.39, 0.29) is 5.91 Å². The Bertz CT molecular complexity index is 760. The summed E-state index contributed by atoms with van der Waals surface area (Å²) in [6, 6.07) is 7.81. The van der Waals surface area contributed by atoms with Gasteiger partial charge in [-0.05, 0) is 59.2 Å². The second-order valence-electron chi connectivity index (χ2n) is 6.40. The van der Waals surface area contributed by atoms with E-state index in [1.54, 1.807) is 11.3 Å². The van der Waals surface area contributed by atoms with E-state index in [9.17, 15) is 9.59 Å². The minimum absolute atomic E-state index is 0.0314. The summed E-state index contributed by atoms with van der Waals surface area (Å²) >= 11 is 1.67. The summed E-state index contributed by atoms with van der Waals surface area (Å²) in [5, 5.41) is 15.1. The number of carbonyl (C=O) groups excluding carboxylic acids is 1. The third-order valence-electron chi connectivity index (χ3n) is 5.12. The van der Waals surface area contributed by atoms with Crippen molar-refractivity contribution >= 4 is 33.4 Å². The number of fused-ring (bicyclic) bond motifs is 2. The second-order valence-corrected chi connectivity index (χ2v) is 7.34. The number of benzene rings is 1. The van der Waals surface area contributed by atoms with Crippen molar-refractivity contribution in [2.45, 2.75) is 6.42 Å². The molecule has 1 saturated carbocycles. The van der Waals surface area contributed by atoms with Crippen LogP contribution in [0.2, 0.25) is 0 Å². The molecule has 23 heavy (non-hydrogen) atoms. The summed E-state index contributed by atoms with van der Waals surface area (Å²) < 4.78 is 1.19. The molecule has 1 saturated heterocycles. The Kier molecular flexibility index (Phi) is 3.49. The molecule has 2 fully saturated rings. The van der Waals surface area contributed by atoms with E-state index in [0.717, 1.165) is 11.8 Å². The van der Waals surface area contributed by atoms with Crippen molar-refractivity contribution in [3.63, 3.8) is 0 Å². The van der Waals surface area contributed by atoms with Crippen molar-refractivity contribution in [1.29, 1.82) is 0 Å². The molecule has 1 aromatic heterocycles. The number of carboxylic acid groups (broad SMARTS) is 1. The fourth-order valence-corrected chi connectivity index (χ4v) is 4.57. The molecule has 2 unspecified atom stereocenters. The molecule has 2 aromatic rings. The van der Waals surface area contributed by atoms with E-state index in [1.807, 2.05) is 29.6 Å². The zero-order valence-electron chi connectivity index (χ0n) is 12.6. The van der Waals surface area contributed by atoms with Crippen LogP contribution in [0.5, 0.6) is 0 Å². The molecule has 1 aliphatic carbocycles. The minimum Gasteiger partial charge on any atom is -0.465 e. The fraction of sp³-hybridized carbons (Fsp3) is 0.412. The molecule has 2 amide bonds. The Morgan fingerprint density at radius 2 is 2.04 bits per heavy atom. The summed E-state index contributed by atoms with van der Waals surface area (Å²) in [5.74, 6) is 1.55. The van der Waals surface area contributed by atoms with E-state index in [2.05, 4.69) is 5.32 Å². The molecule has 2 N–H and O–H groups in total. The number of nitrogens with one attached hydrogen (secondary N) is 1. The summed E-state index contributed by atoms with van der Waals surface area (Å²) in [6.07, 6.45) is 0.128. The highest BCUT2D eigenvalue weighted by Gasteiger charge is 2.55. The number of thiophene rings is 1. The maximum atomic E-state index is 12.2. The summed E-state index contributed by atoms with van der Waals surface area (Å²) in [5.41, 5.74) is 0.698. The lowest BCUT2D eigenvalue weighted by molar-refractivity contribution is 0.0952. The van der Waals surface area contributed by atoms with Gasteiger partial charge in [-0.1, -0.05) is 0 Å². The highest BCUT2D eigenvalue weighted by Crippen LogP contribution is 2.53. The van der Waals surface area contributed by atoms with Gasteiger partial charge in [-0.15, -0.1) is 11.3 Å². The van der Waals surface area contributed by atoms with Gasteiger partial charge in [0.15, 0.2) is 0 Å². The van der Waals surface area contributed by atoms with E-state index in [4.69, 9.17) is 5.11 Å². The number of hydrogen-bond acceptors (Lipinski definition) is 3. The Morgan fingerprint density at radius 1 is 1.26 bits per heavy atom. The van der Waals surface area contributed by atoms with Crippen LogP contribution in [0.4, 0.5) is 4.79 Å². The lowest BCUT2D eigenvalue weighted by Crippen LogP contribution is -2.30. The lowest BCUT2D eigenvalue weighted by Gasteiger charge is -2.15. The van der Waals surface area contributed by atoms with Crippen molar-refractivity contribution in [2.24, 2.45) is 17.8 Å². The highest BCUT2D eigenvalue weighted by atomic mass is 32.1. The van der Waals surface area contributed by atoms with Crippen molar-refractivity contribution < 1.29 is 14.7 Å². The van der Waals surface area contributed by atoms with Crippen LogP contribution in [0.1, 0.15) is 16.8 Å². The molecule has 2 atom stereocenters. The number of nitrogens with zero attached hydrogens (tertiary/aromatic N) is 1. The first-order chi connectivity index (χ1) is 11.1. The molecule has 0 spiro atoms. The Balaban J connectivity index is 1.26. The largest absolute Gasteiger partial charge is 0.465 e. The summed E-state index contributed by atoms with van der Waals surface area (Å²) in [7, 11) is 0. The average Bonchev–Trinajstić information content (AvgIpc) is 2.96. The van der Waals surface area contributed by atoms with E-state index < -0.39 is 6.09 Å². The topological polar surface area (TPSA) is 69.6 Å². The predicted molar refractivity (Wildman–Crippen MR) is 88.8 cm³/mol. The molecule has 1 aromatic carbocycles. The molecule has 120 valence electrons. The minimum atomic E-state index is -0.812. The molecule has 2 aliphatic rings. The molecule has 2 heterocycles. The van der Waals surface area contributed by atoms with Crippen LogP contribution < -0.4 is 5.32 Å². The van der Waals surface area contributed by atoms with E-state index >= 15 is 0 Å². The van der Waals surface area contributed by atoms with Crippen LogP contribution in [-0.4, -0.2) is 41.6 Å². The van der Waals surface area contributed by atoms with Gasteiger partial charge in [0.05, 0.1) is 0 Å². The van der Waals surface area contributed by atoms with Gasteiger partial charge in [0.2, 0.25) is 0 Å². The van der Waals surface area contributed by atoms with Crippen molar-refractivity contribution in [2.75, 3.05) is 19.6 Å².